The van der Waals surface area contributed by atoms with Crippen molar-refractivity contribution < 1.29 is 13.2 Å². The molecule has 0 radical (unpaired) electrons. The second-order valence-electron chi connectivity index (χ2n) is 1.57. The van der Waals surface area contributed by atoms with E-state index in [1.807, 2.05) is 0 Å². The van der Waals surface area contributed by atoms with Crippen molar-refractivity contribution in [1.29, 1.82) is 0 Å². The van der Waals surface area contributed by atoms with Gasteiger partial charge in [-0.15, -0.1) is 0 Å². The van der Waals surface area contributed by atoms with Gasteiger partial charge in [0.15, 0.2) is 0 Å². The highest BCUT2D eigenvalue weighted by Crippen LogP contribution is 2.04. The summed E-state index contributed by atoms with van der Waals surface area (Å²) in [5.41, 5.74) is 0. The molecule has 1 fully saturated rings. The van der Waals surface area contributed by atoms with Crippen molar-refractivity contribution in [3.8, 4) is 0 Å². The maximum Gasteiger partial charge on any atom is 0.320 e. The van der Waals surface area contributed by atoms with Crippen LogP contribution in [0.1, 0.15) is 12.8 Å². The number of carbonyl (C=O) groups excluding carboxylic acids is 1. The Labute approximate surface area is 49.7 Å². The Bertz CT molecular complexity index is 117. The molecule has 1 aliphatic heterocycles. The molecule has 3 nitrogen and oxygen atoms in total. The first-order valence-electron chi connectivity index (χ1n) is 2.38. The zero-order valence-corrected chi connectivity index (χ0v) is 5.07. The molecular weight excluding hydrogens is 128 g/mol. The van der Waals surface area contributed by atoms with Crippen LogP contribution in [0.15, 0.2) is 0 Å². The maximum atomic E-state index is 10.3. The summed E-state index contributed by atoms with van der Waals surface area (Å²) < 4.78 is 14.7. The summed E-state index contributed by atoms with van der Waals surface area (Å²) in [6.07, 6.45) is 1.12. The van der Waals surface area contributed by atoms with Gasteiger partial charge in [0.1, 0.15) is 0 Å². The van der Waals surface area contributed by atoms with Crippen LogP contribution < -0.4 is 0 Å². The normalized spacial score (nSPS) is 29.5. The summed E-state index contributed by atoms with van der Waals surface area (Å²) in [5, 5.41) is 0. The van der Waals surface area contributed by atoms with Crippen molar-refractivity contribution in [2.45, 2.75) is 12.8 Å². The summed E-state index contributed by atoms with van der Waals surface area (Å²) in [4.78, 5) is 10.3. The van der Waals surface area contributed by atoms with Gasteiger partial charge in [-0.25, -0.2) is 4.21 Å². The van der Waals surface area contributed by atoms with Crippen molar-refractivity contribution in [3.05, 3.63) is 0 Å². The lowest BCUT2D eigenvalue weighted by Gasteiger charge is -2.06. The molecule has 0 aromatic heterocycles. The predicted octanol–water partition coefficient (Wildman–Crippen LogP) is -0.0129. The van der Waals surface area contributed by atoms with Crippen LogP contribution >= 0.6 is 0 Å². The van der Waals surface area contributed by atoms with Crippen LogP contribution in [0.25, 0.3) is 0 Å². The fourth-order valence-electron chi connectivity index (χ4n) is 0.521. The van der Waals surface area contributed by atoms with Gasteiger partial charge in [0.2, 0.25) is 11.1 Å². The van der Waals surface area contributed by atoms with Gasteiger partial charge >= 0.3 is 5.97 Å². The lowest BCUT2D eigenvalue weighted by atomic mass is 10.3. The molecule has 0 saturated carbocycles. The quantitative estimate of drug-likeness (QED) is 0.468. The van der Waals surface area contributed by atoms with Crippen molar-refractivity contribution in [2.75, 3.05) is 5.75 Å². The SMILES string of the molecule is O=C1CCCS(=O)O1. The van der Waals surface area contributed by atoms with Gasteiger partial charge in [-0.1, -0.05) is 0 Å². The molecule has 0 aromatic rings. The van der Waals surface area contributed by atoms with E-state index in [-0.39, 0.29) is 5.97 Å². The lowest BCUT2D eigenvalue weighted by molar-refractivity contribution is -0.134. The van der Waals surface area contributed by atoms with Crippen LogP contribution in [0.3, 0.4) is 0 Å². The predicted molar refractivity (Wildman–Crippen MR) is 28.3 cm³/mol. The monoisotopic (exact) mass is 134 g/mol. The molecular formula is C4H6O3S. The molecule has 46 valence electrons. The summed E-state index contributed by atoms with van der Waals surface area (Å²) in [7, 11) is 0. The number of hydrogen-bond acceptors (Lipinski definition) is 3. The van der Waals surface area contributed by atoms with E-state index >= 15 is 0 Å². The van der Waals surface area contributed by atoms with Gasteiger partial charge in [-0.3, -0.25) is 4.79 Å². The van der Waals surface area contributed by atoms with Crippen molar-refractivity contribution in [3.63, 3.8) is 0 Å². The largest absolute Gasteiger partial charge is 0.364 e. The molecule has 1 aliphatic rings. The number of rotatable bonds is 0. The molecule has 0 spiro atoms. The fraction of sp³-hybridized carbons (Fsp3) is 0.750. The third kappa shape index (κ3) is 1.30. The Morgan fingerprint density at radius 1 is 1.62 bits per heavy atom. The first-order valence-corrected chi connectivity index (χ1v) is 3.63. The third-order valence-electron chi connectivity index (χ3n) is 0.878. The fourth-order valence-corrected chi connectivity index (χ4v) is 1.28. The Kier molecular flexibility index (Phi) is 1.62. The standard InChI is InChI=1S/C4H6O3S/c5-4-2-1-3-8(6)7-4/h1-3H2. The van der Waals surface area contributed by atoms with Crippen LogP contribution in [0.4, 0.5) is 0 Å². The Morgan fingerprint density at radius 3 is 2.75 bits per heavy atom. The minimum Gasteiger partial charge on any atom is -0.364 e. The Morgan fingerprint density at radius 2 is 2.38 bits per heavy atom. The molecule has 1 atom stereocenters. The first kappa shape index (κ1) is 5.75. The van der Waals surface area contributed by atoms with Gasteiger partial charge in [-0.2, -0.15) is 0 Å². The molecule has 1 heterocycles. The number of carbonyl (C=O) groups is 1. The average Bonchev–Trinajstić information content (AvgIpc) is 1.64. The van der Waals surface area contributed by atoms with Crippen LogP contribution in [0.5, 0.6) is 0 Å². The highest BCUT2D eigenvalue weighted by Gasteiger charge is 2.14. The van der Waals surface area contributed by atoms with E-state index in [9.17, 15) is 9.00 Å². The van der Waals surface area contributed by atoms with E-state index in [1.54, 1.807) is 0 Å². The summed E-state index contributed by atoms with van der Waals surface area (Å²) >= 11 is -1.32. The summed E-state index contributed by atoms with van der Waals surface area (Å²) in [6.45, 7) is 0. The Hall–Kier alpha value is -0.380. The minimum absolute atomic E-state index is 0.338. The molecule has 0 aromatic carbocycles. The van der Waals surface area contributed by atoms with Gasteiger partial charge < -0.3 is 4.18 Å². The third-order valence-corrected chi connectivity index (χ3v) is 1.87. The number of hydrogen-bond donors (Lipinski definition) is 0. The smallest absolute Gasteiger partial charge is 0.320 e. The van der Waals surface area contributed by atoms with E-state index in [4.69, 9.17) is 0 Å². The molecule has 0 N–H and O–H groups in total. The molecule has 8 heavy (non-hydrogen) atoms. The van der Waals surface area contributed by atoms with Gasteiger partial charge in [-0.05, 0) is 6.42 Å². The van der Waals surface area contributed by atoms with E-state index in [2.05, 4.69) is 4.18 Å². The first-order chi connectivity index (χ1) is 3.79. The maximum absolute atomic E-state index is 10.3. The Balaban J connectivity index is 2.45. The van der Waals surface area contributed by atoms with E-state index in [0.29, 0.717) is 18.6 Å². The topological polar surface area (TPSA) is 43.4 Å². The molecule has 1 saturated heterocycles. The summed E-state index contributed by atoms with van der Waals surface area (Å²) in [5.74, 6) is 0.167. The zero-order valence-electron chi connectivity index (χ0n) is 4.25. The zero-order chi connectivity index (χ0) is 5.98. The van der Waals surface area contributed by atoms with Gasteiger partial charge in [0.25, 0.3) is 0 Å². The van der Waals surface area contributed by atoms with Crippen LogP contribution in [-0.4, -0.2) is 15.9 Å². The highest BCUT2D eigenvalue weighted by molar-refractivity contribution is 7.80. The van der Waals surface area contributed by atoms with E-state index in [0.717, 1.165) is 0 Å². The van der Waals surface area contributed by atoms with Crippen molar-refractivity contribution in [1.82, 2.24) is 0 Å². The van der Waals surface area contributed by atoms with Crippen LogP contribution in [-0.2, 0) is 20.1 Å². The van der Waals surface area contributed by atoms with Gasteiger partial charge in [0.05, 0.1) is 5.75 Å². The molecule has 1 rings (SSSR count). The molecule has 4 heteroatoms. The highest BCUT2D eigenvalue weighted by atomic mass is 32.2. The van der Waals surface area contributed by atoms with Crippen molar-refractivity contribution >= 4 is 17.0 Å². The second-order valence-corrected chi connectivity index (χ2v) is 2.75. The molecule has 0 aliphatic carbocycles. The lowest BCUT2D eigenvalue weighted by Crippen LogP contribution is -2.16. The molecule has 0 bridgehead atoms. The van der Waals surface area contributed by atoms with Crippen molar-refractivity contribution in [2.24, 2.45) is 0 Å². The van der Waals surface area contributed by atoms with E-state index in [1.165, 1.54) is 0 Å². The molecule has 0 amide bonds. The van der Waals surface area contributed by atoms with Gasteiger partial charge in [0, 0.05) is 6.42 Å². The van der Waals surface area contributed by atoms with E-state index < -0.39 is 11.1 Å². The van der Waals surface area contributed by atoms with Crippen LogP contribution in [0, 0.1) is 0 Å². The molecule has 1 unspecified atom stereocenters. The second kappa shape index (κ2) is 2.26. The average molecular weight is 134 g/mol. The summed E-state index contributed by atoms with van der Waals surface area (Å²) in [6, 6.07) is 0. The van der Waals surface area contributed by atoms with Crippen LogP contribution in [0.2, 0.25) is 0 Å². The minimum atomic E-state index is -1.32.